The molecule has 1 N–H and O–H groups in total. The highest BCUT2D eigenvalue weighted by atomic mass is 35.5. The zero-order chi connectivity index (χ0) is 19.8. The molecule has 1 amide bonds. The quantitative estimate of drug-likeness (QED) is 0.539. The van der Waals surface area contributed by atoms with Crippen molar-refractivity contribution in [1.82, 2.24) is 15.1 Å². The first kappa shape index (κ1) is 18.7. The lowest BCUT2D eigenvalue weighted by atomic mass is 10.2. The fourth-order valence-electron chi connectivity index (χ4n) is 3.24. The first-order valence-corrected chi connectivity index (χ1v) is 10.1. The van der Waals surface area contributed by atoms with E-state index in [1.54, 1.807) is 30.4 Å². The van der Waals surface area contributed by atoms with E-state index in [-0.39, 0.29) is 11.5 Å². The van der Waals surface area contributed by atoms with Gasteiger partial charge in [-0.05, 0) is 37.6 Å². The largest absolute Gasteiger partial charge is 0.350 e. The van der Waals surface area contributed by atoms with Crippen LogP contribution in [0.15, 0.2) is 53.3 Å². The van der Waals surface area contributed by atoms with E-state index in [0.717, 1.165) is 26.0 Å². The first-order valence-electron chi connectivity index (χ1n) is 8.88. The van der Waals surface area contributed by atoms with Crippen LogP contribution in [-0.2, 0) is 11.3 Å². The maximum absolute atomic E-state index is 13.1. The molecular formula is C21H18ClN3O2S. The fourth-order valence-corrected chi connectivity index (χ4v) is 4.58. The van der Waals surface area contributed by atoms with Gasteiger partial charge in [0.2, 0.25) is 5.91 Å². The Labute approximate surface area is 170 Å². The van der Waals surface area contributed by atoms with Gasteiger partial charge in [0.05, 0.1) is 15.8 Å². The van der Waals surface area contributed by atoms with E-state index in [9.17, 15) is 9.59 Å². The lowest BCUT2D eigenvalue weighted by Gasteiger charge is -2.15. The molecule has 1 unspecified atom stereocenters. The molecule has 0 spiro atoms. The van der Waals surface area contributed by atoms with Crippen molar-refractivity contribution in [3.8, 4) is 0 Å². The van der Waals surface area contributed by atoms with Crippen LogP contribution in [0.3, 0.4) is 0 Å². The maximum atomic E-state index is 13.1. The molecule has 142 valence electrons. The predicted molar refractivity (Wildman–Crippen MR) is 114 cm³/mol. The molecule has 0 saturated carbocycles. The third kappa shape index (κ3) is 3.30. The number of aryl methyl sites for hydroxylation is 1. The molecule has 2 aromatic heterocycles. The van der Waals surface area contributed by atoms with Gasteiger partial charge in [-0.1, -0.05) is 41.9 Å². The van der Waals surface area contributed by atoms with E-state index >= 15 is 0 Å². The molecule has 0 aliphatic carbocycles. The molecule has 0 fully saturated rings. The standard InChI is InChI=1S/C21H18ClN3O2S/c1-12-19-18(16-8-3-4-9-17(16)28-19)21(27)25(24-12)13(2)20(26)23-11-14-6-5-7-15(22)10-14/h3-10,13H,11H2,1-2H3,(H,23,26). The van der Waals surface area contributed by atoms with Gasteiger partial charge < -0.3 is 5.32 Å². The van der Waals surface area contributed by atoms with Crippen molar-refractivity contribution in [2.45, 2.75) is 26.4 Å². The molecule has 4 aromatic rings. The average molecular weight is 412 g/mol. The Bertz CT molecular complexity index is 1260. The molecule has 0 radical (unpaired) electrons. The lowest BCUT2D eigenvalue weighted by Crippen LogP contribution is -2.37. The molecule has 28 heavy (non-hydrogen) atoms. The van der Waals surface area contributed by atoms with Gasteiger partial charge in [0.25, 0.3) is 5.56 Å². The van der Waals surface area contributed by atoms with E-state index in [4.69, 9.17) is 11.6 Å². The van der Waals surface area contributed by atoms with Gasteiger partial charge in [0.15, 0.2) is 0 Å². The Morgan fingerprint density at radius 3 is 2.82 bits per heavy atom. The van der Waals surface area contributed by atoms with Crippen LogP contribution in [0, 0.1) is 6.92 Å². The van der Waals surface area contributed by atoms with E-state index in [2.05, 4.69) is 10.4 Å². The van der Waals surface area contributed by atoms with Crippen molar-refractivity contribution in [3.63, 3.8) is 0 Å². The zero-order valence-electron chi connectivity index (χ0n) is 15.4. The third-order valence-corrected chi connectivity index (χ3v) is 6.22. The number of benzene rings is 2. The summed E-state index contributed by atoms with van der Waals surface area (Å²) in [5.41, 5.74) is 1.39. The second-order valence-electron chi connectivity index (χ2n) is 6.66. The molecule has 2 aromatic carbocycles. The topological polar surface area (TPSA) is 64.0 Å². The molecule has 0 aliphatic heterocycles. The molecule has 1 atom stereocenters. The highest BCUT2D eigenvalue weighted by Crippen LogP contribution is 2.32. The minimum absolute atomic E-state index is 0.247. The van der Waals surface area contributed by atoms with Gasteiger partial charge in [-0.25, -0.2) is 4.68 Å². The Hall–Kier alpha value is -2.70. The van der Waals surface area contributed by atoms with E-state index in [1.165, 1.54) is 4.68 Å². The fraction of sp³-hybridized carbons (Fsp3) is 0.190. The Kier molecular flexibility index (Phi) is 4.91. The van der Waals surface area contributed by atoms with Crippen LogP contribution in [0.4, 0.5) is 0 Å². The summed E-state index contributed by atoms with van der Waals surface area (Å²) in [7, 11) is 0. The summed E-state index contributed by atoms with van der Waals surface area (Å²) in [5.74, 6) is -0.270. The maximum Gasteiger partial charge on any atom is 0.276 e. The molecule has 2 heterocycles. The zero-order valence-corrected chi connectivity index (χ0v) is 17.0. The van der Waals surface area contributed by atoms with Gasteiger partial charge in [0.1, 0.15) is 6.04 Å². The van der Waals surface area contributed by atoms with E-state index in [0.29, 0.717) is 17.0 Å². The predicted octanol–water partition coefficient (Wildman–Crippen LogP) is 4.45. The van der Waals surface area contributed by atoms with Crippen LogP contribution in [0.5, 0.6) is 0 Å². The molecule has 5 nitrogen and oxygen atoms in total. The minimum atomic E-state index is -0.728. The second-order valence-corrected chi connectivity index (χ2v) is 8.15. The lowest BCUT2D eigenvalue weighted by molar-refractivity contribution is -0.124. The van der Waals surface area contributed by atoms with Gasteiger partial charge in [0, 0.05) is 21.7 Å². The number of thiophene rings is 1. The molecule has 7 heteroatoms. The number of amides is 1. The van der Waals surface area contributed by atoms with E-state index in [1.807, 2.05) is 43.3 Å². The average Bonchev–Trinajstić information content (AvgIpc) is 3.09. The summed E-state index contributed by atoms with van der Waals surface area (Å²) in [4.78, 5) is 25.8. The summed E-state index contributed by atoms with van der Waals surface area (Å²) in [5, 5.41) is 9.42. The monoisotopic (exact) mass is 411 g/mol. The van der Waals surface area contributed by atoms with Gasteiger partial charge in [-0.2, -0.15) is 5.10 Å². The number of hydrogen-bond donors (Lipinski definition) is 1. The molecule has 0 aliphatic rings. The third-order valence-electron chi connectivity index (χ3n) is 4.71. The number of aromatic nitrogens is 2. The van der Waals surface area contributed by atoms with Crippen molar-refractivity contribution in [3.05, 3.63) is 75.2 Å². The van der Waals surface area contributed by atoms with Crippen molar-refractivity contribution < 1.29 is 4.79 Å². The number of rotatable bonds is 4. The highest BCUT2D eigenvalue weighted by Gasteiger charge is 2.21. The van der Waals surface area contributed by atoms with Crippen LogP contribution < -0.4 is 10.9 Å². The number of halogens is 1. The Morgan fingerprint density at radius 2 is 2.04 bits per heavy atom. The summed E-state index contributed by atoms with van der Waals surface area (Å²) in [6.07, 6.45) is 0. The Balaban J connectivity index is 1.68. The summed E-state index contributed by atoms with van der Waals surface area (Å²) >= 11 is 7.53. The number of nitrogens with zero attached hydrogens (tertiary/aromatic N) is 2. The van der Waals surface area contributed by atoms with Crippen molar-refractivity contribution >= 4 is 49.0 Å². The van der Waals surface area contributed by atoms with Crippen molar-refractivity contribution in [2.75, 3.05) is 0 Å². The van der Waals surface area contributed by atoms with Crippen LogP contribution in [0.1, 0.15) is 24.2 Å². The SMILES string of the molecule is Cc1nn(C(C)C(=O)NCc2cccc(Cl)c2)c(=O)c2c1sc1ccccc12. The molecular weight excluding hydrogens is 394 g/mol. The van der Waals surface area contributed by atoms with Gasteiger partial charge >= 0.3 is 0 Å². The number of nitrogens with one attached hydrogen (secondary N) is 1. The normalized spacial score (nSPS) is 12.4. The second kappa shape index (κ2) is 7.37. The summed E-state index contributed by atoms with van der Waals surface area (Å²) in [6, 6.07) is 14.3. The Morgan fingerprint density at radius 1 is 1.25 bits per heavy atom. The summed E-state index contributed by atoms with van der Waals surface area (Å²) in [6.45, 7) is 3.88. The number of fused-ring (bicyclic) bond motifs is 3. The van der Waals surface area contributed by atoms with Crippen LogP contribution >= 0.6 is 22.9 Å². The van der Waals surface area contributed by atoms with Crippen molar-refractivity contribution in [1.29, 1.82) is 0 Å². The molecule has 0 bridgehead atoms. The molecule has 0 saturated heterocycles. The van der Waals surface area contributed by atoms with Gasteiger partial charge in [-0.3, -0.25) is 9.59 Å². The van der Waals surface area contributed by atoms with Crippen LogP contribution in [-0.4, -0.2) is 15.7 Å². The molecule has 4 rings (SSSR count). The van der Waals surface area contributed by atoms with E-state index < -0.39 is 6.04 Å². The van der Waals surface area contributed by atoms with Crippen molar-refractivity contribution in [2.24, 2.45) is 0 Å². The number of carbonyl (C=O) groups excluding carboxylic acids is 1. The highest BCUT2D eigenvalue weighted by molar-refractivity contribution is 7.26. The number of hydrogen-bond acceptors (Lipinski definition) is 4. The smallest absolute Gasteiger partial charge is 0.276 e. The first-order chi connectivity index (χ1) is 13.5. The summed E-state index contributed by atoms with van der Waals surface area (Å²) < 4.78 is 3.19. The number of carbonyl (C=O) groups is 1. The minimum Gasteiger partial charge on any atom is -0.350 e. The van der Waals surface area contributed by atoms with Crippen LogP contribution in [0.2, 0.25) is 5.02 Å². The van der Waals surface area contributed by atoms with Gasteiger partial charge in [-0.15, -0.1) is 11.3 Å². The van der Waals surface area contributed by atoms with Crippen LogP contribution in [0.25, 0.3) is 20.2 Å².